The van der Waals surface area contributed by atoms with Gasteiger partial charge in [0.1, 0.15) is 0 Å². The Morgan fingerprint density at radius 3 is 0.796 bits per heavy atom. The van der Waals surface area contributed by atoms with Crippen molar-refractivity contribution in [1.29, 1.82) is 0 Å². The highest BCUT2D eigenvalue weighted by Gasteiger charge is 2.46. The summed E-state index contributed by atoms with van der Waals surface area (Å²) in [5.74, 6) is 0. The summed E-state index contributed by atoms with van der Waals surface area (Å²) in [6.45, 7) is 14.2. The van der Waals surface area contributed by atoms with Crippen LogP contribution in [0.1, 0.15) is 101 Å². The number of ether oxygens (including phenoxy) is 4. The molecule has 0 radical (unpaired) electrons. The minimum Gasteiger partial charge on any atom is -0.377 e. The smallest absolute Gasteiger partial charge is 0.181 e. The molecular weight excluding hydrogens is 621 g/mol. The van der Waals surface area contributed by atoms with Gasteiger partial charge in [-0.1, -0.05) is 150 Å². The molecule has 0 saturated heterocycles. The molecule has 0 aliphatic heterocycles. The van der Waals surface area contributed by atoms with Gasteiger partial charge in [-0.15, -0.1) is 0 Å². The minimum atomic E-state index is -3.07. The van der Waals surface area contributed by atoms with Gasteiger partial charge in [0.05, 0.1) is 26.4 Å². The molecule has 0 unspecified atom stereocenters. The number of unbranched alkanes of at least 4 members (excludes halogenated alkanes) is 4. The zero-order valence-electron chi connectivity index (χ0n) is 30.7. The van der Waals surface area contributed by atoms with E-state index in [0.717, 1.165) is 77.8 Å². The first-order chi connectivity index (χ1) is 24.2. The van der Waals surface area contributed by atoms with Crippen LogP contribution in [0.4, 0.5) is 0 Å². The van der Waals surface area contributed by atoms with E-state index in [-0.39, 0.29) is 0 Å². The van der Waals surface area contributed by atoms with Gasteiger partial charge in [-0.05, 0) is 68.7 Å². The first-order valence-electron chi connectivity index (χ1n) is 18.9. The monoisotopic (exact) mass is 680 g/mol. The second-order valence-electron chi connectivity index (χ2n) is 13.0. The predicted molar refractivity (Wildman–Crippen MR) is 208 cm³/mol. The van der Waals surface area contributed by atoms with Crippen LogP contribution in [0.25, 0.3) is 0 Å². The molecule has 0 fully saturated rings. The Morgan fingerprint density at radius 2 is 0.571 bits per heavy atom. The molecule has 0 aromatic heterocycles. The van der Waals surface area contributed by atoms with Crippen molar-refractivity contribution in [3.05, 3.63) is 119 Å². The van der Waals surface area contributed by atoms with E-state index in [4.69, 9.17) is 18.9 Å². The third-order valence-electron chi connectivity index (χ3n) is 9.28. The molecule has 4 nitrogen and oxygen atoms in total. The first kappa shape index (κ1) is 38.7. The number of hydrogen-bond donors (Lipinski definition) is 0. The predicted octanol–water partition coefficient (Wildman–Crippen LogP) is 8.33. The lowest BCUT2D eigenvalue weighted by atomic mass is 10.2. The molecule has 0 amide bonds. The largest absolute Gasteiger partial charge is 0.377 e. The second-order valence-corrected chi connectivity index (χ2v) is 16.7. The molecule has 5 heteroatoms. The van der Waals surface area contributed by atoms with Gasteiger partial charge in [-0.3, -0.25) is 0 Å². The second kappa shape index (κ2) is 21.9. The maximum absolute atomic E-state index is 6.42. The highest BCUT2D eigenvalue weighted by molar-refractivity contribution is 7.20. The standard InChI is InChI=1S/C44H60O4Si/c1-5-9-29-45-33-37-21-13-17-25-41(37)49(42-26-18-14-22-38(42)34-46-30-10-6-2,43-27-19-15-23-39(43)35-47-31-11-7-3)44-28-20-16-24-40(44)36-48-32-12-8-4/h13-28H,5-12,29-36H2,1-4H3. The van der Waals surface area contributed by atoms with Crippen LogP contribution in [0.5, 0.6) is 0 Å². The molecular formula is C44H60O4Si. The minimum absolute atomic E-state index is 0.574. The zero-order chi connectivity index (χ0) is 34.6. The SMILES string of the molecule is CCCCOCc1ccccc1[Si](c1ccccc1COCCCC)(c1ccccc1COCCCC)c1ccccc1COCCCC. The summed E-state index contributed by atoms with van der Waals surface area (Å²) in [4.78, 5) is 0. The van der Waals surface area contributed by atoms with Crippen LogP contribution in [0.15, 0.2) is 97.1 Å². The third kappa shape index (κ3) is 10.5. The average molecular weight is 681 g/mol. The van der Waals surface area contributed by atoms with E-state index in [0.29, 0.717) is 26.4 Å². The lowest BCUT2D eigenvalue weighted by Gasteiger charge is -2.39. The van der Waals surface area contributed by atoms with E-state index in [1.165, 1.54) is 43.0 Å². The van der Waals surface area contributed by atoms with Gasteiger partial charge in [0, 0.05) is 26.4 Å². The number of benzene rings is 4. The van der Waals surface area contributed by atoms with Crippen LogP contribution in [0, 0.1) is 0 Å². The van der Waals surface area contributed by atoms with Gasteiger partial charge >= 0.3 is 0 Å². The van der Waals surface area contributed by atoms with Crippen LogP contribution in [0.3, 0.4) is 0 Å². The van der Waals surface area contributed by atoms with Gasteiger partial charge in [0.2, 0.25) is 0 Å². The van der Waals surface area contributed by atoms with Crippen LogP contribution in [-0.4, -0.2) is 34.5 Å². The maximum Gasteiger partial charge on any atom is 0.181 e. The molecule has 4 aromatic rings. The molecule has 0 atom stereocenters. The van der Waals surface area contributed by atoms with Crippen LogP contribution in [-0.2, 0) is 45.4 Å². The van der Waals surface area contributed by atoms with E-state index in [9.17, 15) is 0 Å². The molecule has 0 spiro atoms. The van der Waals surface area contributed by atoms with Crippen molar-refractivity contribution < 1.29 is 18.9 Å². The Kier molecular flexibility index (Phi) is 17.3. The zero-order valence-corrected chi connectivity index (χ0v) is 31.7. The van der Waals surface area contributed by atoms with Gasteiger partial charge < -0.3 is 18.9 Å². The van der Waals surface area contributed by atoms with Crippen LogP contribution < -0.4 is 20.7 Å². The van der Waals surface area contributed by atoms with Crippen molar-refractivity contribution in [2.45, 2.75) is 105 Å². The van der Waals surface area contributed by atoms with Gasteiger partial charge in [0.25, 0.3) is 0 Å². The summed E-state index contributed by atoms with van der Waals surface area (Å²) in [6.07, 6.45) is 8.67. The lowest BCUT2D eigenvalue weighted by molar-refractivity contribution is 0.118. The van der Waals surface area contributed by atoms with Crippen molar-refractivity contribution in [2.24, 2.45) is 0 Å². The Balaban J connectivity index is 2.07. The van der Waals surface area contributed by atoms with Crippen LogP contribution >= 0.6 is 0 Å². The fourth-order valence-electron chi connectivity index (χ4n) is 6.63. The Morgan fingerprint density at radius 1 is 0.347 bits per heavy atom. The fraction of sp³-hybridized carbons (Fsp3) is 0.455. The Hall–Kier alpha value is -3.06. The molecule has 0 aliphatic carbocycles. The fourth-order valence-corrected chi connectivity index (χ4v) is 12.3. The molecule has 0 N–H and O–H groups in total. The van der Waals surface area contributed by atoms with E-state index in [1.54, 1.807) is 0 Å². The summed E-state index contributed by atoms with van der Waals surface area (Å²) in [5.41, 5.74) is 4.98. The molecule has 4 aromatic carbocycles. The normalized spacial score (nSPS) is 11.7. The molecule has 0 aliphatic rings. The molecule has 0 saturated carbocycles. The van der Waals surface area contributed by atoms with Crippen molar-refractivity contribution in [2.75, 3.05) is 26.4 Å². The lowest BCUT2D eigenvalue weighted by Crippen LogP contribution is -2.77. The summed E-state index contributed by atoms with van der Waals surface area (Å²) < 4.78 is 25.7. The van der Waals surface area contributed by atoms with E-state index < -0.39 is 8.07 Å². The van der Waals surface area contributed by atoms with E-state index >= 15 is 0 Å². The van der Waals surface area contributed by atoms with E-state index in [1.807, 2.05) is 0 Å². The number of rotatable bonds is 24. The molecule has 0 bridgehead atoms. The quantitative estimate of drug-likeness (QED) is 0.0424. The van der Waals surface area contributed by atoms with Crippen molar-refractivity contribution in [3.63, 3.8) is 0 Å². The number of hydrogen-bond acceptors (Lipinski definition) is 4. The van der Waals surface area contributed by atoms with Crippen molar-refractivity contribution in [3.8, 4) is 0 Å². The summed E-state index contributed by atoms with van der Waals surface area (Å²) in [5, 5.41) is 5.42. The summed E-state index contributed by atoms with van der Waals surface area (Å²) in [6, 6.07) is 36.2. The Bertz CT molecular complexity index is 1270. The maximum atomic E-state index is 6.42. The van der Waals surface area contributed by atoms with Crippen molar-refractivity contribution in [1.82, 2.24) is 0 Å². The Labute approximate surface area is 298 Å². The molecule has 264 valence electrons. The topological polar surface area (TPSA) is 36.9 Å². The summed E-state index contributed by atoms with van der Waals surface area (Å²) >= 11 is 0. The summed E-state index contributed by atoms with van der Waals surface area (Å²) in [7, 11) is -3.07. The van der Waals surface area contributed by atoms with Gasteiger partial charge in [-0.2, -0.15) is 0 Å². The first-order valence-corrected chi connectivity index (χ1v) is 20.9. The molecule has 4 rings (SSSR count). The van der Waals surface area contributed by atoms with Gasteiger partial charge in [0.15, 0.2) is 8.07 Å². The highest BCUT2D eigenvalue weighted by atomic mass is 28.3. The van der Waals surface area contributed by atoms with E-state index in [2.05, 4.69) is 125 Å². The third-order valence-corrected chi connectivity index (χ3v) is 14.5. The van der Waals surface area contributed by atoms with Crippen LogP contribution in [0.2, 0.25) is 0 Å². The van der Waals surface area contributed by atoms with Crippen molar-refractivity contribution >= 4 is 28.8 Å². The highest BCUT2D eigenvalue weighted by Crippen LogP contribution is 2.20. The molecule has 0 heterocycles. The van der Waals surface area contributed by atoms with Gasteiger partial charge in [-0.25, -0.2) is 0 Å². The molecule has 49 heavy (non-hydrogen) atoms. The average Bonchev–Trinajstić information content (AvgIpc) is 3.14.